The molecule has 0 bridgehead atoms. The number of phenols is 2. The standard InChI is InChI=1S/C25H28O4/c1-17(2)8-7-9-18(3)12-15-21-22(26)16-20(23(24(21)27)25(28)29)14-13-19-10-5-4-6-11-19/h4-6,8,10-14,16,26-27H,7,9,15H2,1-3H3,(H,28,29). The lowest BCUT2D eigenvalue weighted by Crippen LogP contribution is -2.03. The van der Waals surface area contributed by atoms with Gasteiger partial charge in [0, 0.05) is 5.56 Å². The topological polar surface area (TPSA) is 77.8 Å². The lowest BCUT2D eigenvalue weighted by atomic mass is 9.97. The summed E-state index contributed by atoms with van der Waals surface area (Å²) in [6, 6.07) is 10.8. The molecule has 0 spiro atoms. The maximum absolute atomic E-state index is 11.8. The van der Waals surface area contributed by atoms with Crippen LogP contribution < -0.4 is 0 Å². The van der Waals surface area contributed by atoms with E-state index in [1.807, 2.05) is 43.3 Å². The molecule has 0 fully saturated rings. The number of aromatic carboxylic acids is 1. The molecule has 0 saturated heterocycles. The second-order valence-corrected chi connectivity index (χ2v) is 7.31. The summed E-state index contributed by atoms with van der Waals surface area (Å²) in [6.07, 6.45) is 9.46. The van der Waals surface area contributed by atoms with Crippen LogP contribution in [0.5, 0.6) is 11.5 Å². The van der Waals surface area contributed by atoms with Crippen LogP contribution in [0.2, 0.25) is 0 Å². The quantitative estimate of drug-likeness (QED) is 0.369. The van der Waals surface area contributed by atoms with Gasteiger partial charge in [0.1, 0.15) is 17.1 Å². The maximum Gasteiger partial charge on any atom is 0.340 e. The van der Waals surface area contributed by atoms with Gasteiger partial charge < -0.3 is 15.3 Å². The number of hydrogen-bond acceptors (Lipinski definition) is 3. The van der Waals surface area contributed by atoms with Crippen molar-refractivity contribution in [1.29, 1.82) is 0 Å². The molecule has 0 aromatic heterocycles. The van der Waals surface area contributed by atoms with Gasteiger partial charge in [-0.15, -0.1) is 0 Å². The third-order valence-electron chi connectivity index (χ3n) is 4.63. The molecule has 29 heavy (non-hydrogen) atoms. The number of carboxylic acids is 1. The minimum atomic E-state index is -1.24. The predicted octanol–water partition coefficient (Wildman–Crippen LogP) is 6.20. The number of phenolic OH excluding ortho intramolecular Hbond substituents is 1. The van der Waals surface area contributed by atoms with Crippen molar-refractivity contribution < 1.29 is 20.1 Å². The second kappa shape index (κ2) is 10.3. The van der Waals surface area contributed by atoms with Crippen LogP contribution in [-0.2, 0) is 6.42 Å². The van der Waals surface area contributed by atoms with Gasteiger partial charge >= 0.3 is 5.97 Å². The highest BCUT2D eigenvalue weighted by molar-refractivity contribution is 5.97. The van der Waals surface area contributed by atoms with Crippen LogP contribution >= 0.6 is 0 Å². The Morgan fingerprint density at radius 3 is 2.31 bits per heavy atom. The van der Waals surface area contributed by atoms with Crippen LogP contribution in [0.25, 0.3) is 12.2 Å². The van der Waals surface area contributed by atoms with Crippen molar-refractivity contribution in [2.45, 2.75) is 40.0 Å². The molecule has 2 aromatic carbocycles. The molecule has 152 valence electrons. The van der Waals surface area contributed by atoms with Crippen molar-refractivity contribution in [2.75, 3.05) is 0 Å². The van der Waals surface area contributed by atoms with Crippen LogP contribution in [0, 0.1) is 0 Å². The first kappa shape index (κ1) is 22.0. The Balaban J connectivity index is 2.31. The SMILES string of the molecule is CC(C)=CCCC(C)=CCc1c(O)cc(C=Cc2ccccc2)c(C(=O)O)c1O. The Labute approximate surface area is 172 Å². The molecule has 2 aromatic rings. The van der Waals surface area contributed by atoms with Crippen molar-refractivity contribution in [1.82, 2.24) is 0 Å². The molecule has 0 amide bonds. The van der Waals surface area contributed by atoms with Crippen LogP contribution in [0.3, 0.4) is 0 Å². The Hall–Kier alpha value is -3.27. The normalized spacial score (nSPS) is 11.6. The molecule has 0 radical (unpaired) electrons. The average molecular weight is 392 g/mol. The Morgan fingerprint density at radius 1 is 1.00 bits per heavy atom. The van der Waals surface area contributed by atoms with Gasteiger partial charge in [0.25, 0.3) is 0 Å². The number of hydrogen-bond donors (Lipinski definition) is 3. The smallest absolute Gasteiger partial charge is 0.340 e. The molecular formula is C25H28O4. The van der Waals surface area contributed by atoms with Crippen LogP contribution in [0.15, 0.2) is 59.7 Å². The van der Waals surface area contributed by atoms with E-state index in [-0.39, 0.29) is 28.9 Å². The number of allylic oxidation sites excluding steroid dienone is 4. The second-order valence-electron chi connectivity index (χ2n) is 7.31. The Morgan fingerprint density at radius 2 is 1.69 bits per heavy atom. The molecule has 2 rings (SSSR count). The molecule has 3 N–H and O–H groups in total. The first-order valence-electron chi connectivity index (χ1n) is 9.62. The third-order valence-corrected chi connectivity index (χ3v) is 4.63. The first-order chi connectivity index (χ1) is 13.8. The summed E-state index contributed by atoms with van der Waals surface area (Å²) < 4.78 is 0. The van der Waals surface area contributed by atoms with E-state index in [4.69, 9.17) is 0 Å². The summed E-state index contributed by atoms with van der Waals surface area (Å²) in [7, 11) is 0. The highest BCUT2D eigenvalue weighted by Gasteiger charge is 2.20. The van der Waals surface area contributed by atoms with E-state index in [2.05, 4.69) is 19.9 Å². The number of aromatic hydroxyl groups is 2. The first-order valence-corrected chi connectivity index (χ1v) is 9.62. The molecule has 0 saturated carbocycles. The largest absolute Gasteiger partial charge is 0.507 e. The third kappa shape index (κ3) is 6.39. The molecule has 0 aliphatic rings. The predicted molar refractivity (Wildman–Crippen MR) is 118 cm³/mol. The molecule has 4 nitrogen and oxygen atoms in total. The lowest BCUT2D eigenvalue weighted by Gasteiger charge is -2.12. The number of carbonyl (C=O) groups is 1. The zero-order valence-electron chi connectivity index (χ0n) is 17.1. The molecule has 0 aliphatic carbocycles. The number of carboxylic acid groups (broad SMARTS) is 1. The van der Waals surface area contributed by atoms with E-state index in [0.29, 0.717) is 0 Å². The number of benzene rings is 2. The minimum absolute atomic E-state index is 0.117. The zero-order valence-corrected chi connectivity index (χ0v) is 17.1. The highest BCUT2D eigenvalue weighted by atomic mass is 16.4. The van der Waals surface area contributed by atoms with Gasteiger partial charge in [0.2, 0.25) is 0 Å². The van der Waals surface area contributed by atoms with Crippen LogP contribution in [0.4, 0.5) is 0 Å². The van der Waals surface area contributed by atoms with Gasteiger partial charge in [-0.3, -0.25) is 0 Å². The molecule has 0 heterocycles. The fraction of sp³-hybridized carbons (Fsp3) is 0.240. The van der Waals surface area contributed by atoms with Crippen LogP contribution in [-0.4, -0.2) is 21.3 Å². The zero-order chi connectivity index (χ0) is 21.4. The molecular weight excluding hydrogens is 364 g/mol. The van der Waals surface area contributed by atoms with Gasteiger partial charge in [0.05, 0.1) is 0 Å². The van der Waals surface area contributed by atoms with Gasteiger partial charge in [-0.05, 0) is 57.2 Å². The van der Waals surface area contributed by atoms with Gasteiger partial charge in [-0.25, -0.2) is 4.79 Å². The van der Waals surface area contributed by atoms with Gasteiger partial charge in [0.15, 0.2) is 0 Å². The lowest BCUT2D eigenvalue weighted by molar-refractivity contribution is 0.0693. The van der Waals surface area contributed by atoms with E-state index in [0.717, 1.165) is 24.0 Å². The van der Waals surface area contributed by atoms with Crippen molar-refractivity contribution in [2.24, 2.45) is 0 Å². The summed E-state index contributed by atoms with van der Waals surface area (Å²) in [6.45, 7) is 6.09. The fourth-order valence-corrected chi connectivity index (χ4v) is 2.99. The van der Waals surface area contributed by atoms with Gasteiger partial charge in [-0.2, -0.15) is 0 Å². The monoisotopic (exact) mass is 392 g/mol. The molecule has 0 atom stereocenters. The average Bonchev–Trinajstić information content (AvgIpc) is 2.66. The van der Waals surface area contributed by atoms with E-state index in [1.54, 1.807) is 12.2 Å². The highest BCUT2D eigenvalue weighted by Crippen LogP contribution is 2.35. The molecule has 0 unspecified atom stereocenters. The summed E-state index contributed by atoms with van der Waals surface area (Å²) in [5.41, 5.74) is 3.54. The van der Waals surface area contributed by atoms with E-state index < -0.39 is 11.7 Å². The fourth-order valence-electron chi connectivity index (χ4n) is 2.99. The molecule has 0 aliphatic heterocycles. The minimum Gasteiger partial charge on any atom is -0.507 e. The van der Waals surface area contributed by atoms with E-state index >= 15 is 0 Å². The summed E-state index contributed by atoms with van der Waals surface area (Å²) in [4.78, 5) is 11.8. The van der Waals surface area contributed by atoms with E-state index in [9.17, 15) is 20.1 Å². The Kier molecular flexibility index (Phi) is 7.84. The summed E-state index contributed by atoms with van der Waals surface area (Å²) in [5, 5.41) is 30.6. The Bertz CT molecular complexity index is 947. The van der Waals surface area contributed by atoms with E-state index in [1.165, 1.54) is 11.6 Å². The van der Waals surface area contributed by atoms with Crippen molar-refractivity contribution in [3.05, 3.63) is 82.0 Å². The number of rotatable bonds is 8. The van der Waals surface area contributed by atoms with Crippen molar-refractivity contribution in [3.63, 3.8) is 0 Å². The van der Waals surface area contributed by atoms with Crippen molar-refractivity contribution in [3.8, 4) is 11.5 Å². The summed E-state index contributed by atoms with van der Waals surface area (Å²) in [5.74, 6) is -1.74. The van der Waals surface area contributed by atoms with Gasteiger partial charge in [-0.1, -0.05) is 65.8 Å². The van der Waals surface area contributed by atoms with Crippen LogP contribution in [0.1, 0.15) is 60.7 Å². The molecule has 4 heteroatoms. The van der Waals surface area contributed by atoms with Crippen molar-refractivity contribution >= 4 is 18.1 Å². The maximum atomic E-state index is 11.8. The summed E-state index contributed by atoms with van der Waals surface area (Å²) >= 11 is 0.